The van der Waals surface area contributed by atoms with Gasteiger partial charge >= 0.3 is 0 Å². The maximum absolute atomic E-state index is 5.78. The maximum Gasteiger partial charge on any atom is 0.187 e. The molecule has 2 aromatic heterocycles. The molecule has 1 aliphatic heterocycles. The third-order valence-corrected chi connectivity index (χ3v) is 6.94. The van der Waals surface area contributed by atoms with Gasteiger partial charge in [0, 0.05) is 50.0 Å². The van der Waals surface area contributed by atoms with Crippen LogP contribution in [-0.4, -0.2) is 58.0 Å². The molecular weight excluding hydrogens is 442 g/mol. The summed E-state index contributed by atoms with van der Waals surface area (Å²) in [4.78, 5) is 18.1. The summed E-state index contributed by atoms with van der Waals surface area (Å²) in [6, 6.07) is 17.1. The first-order valence-electron chi connectivity index (χ1n) is 11.5. The molecule has 2 aromatic carbocycles. The van der Waals surface area contributed by atoms with Gasteiger partial charge in [-0.05, 0) is 48.4 Å². The van der Waals surface area contributed by atoms with E-state index < -0.39 is 0 Å². The number of aryl methyl sites for hydroxylation is 1. The van der Waals surface area contributed by atoms with Gasteiger partial charge in [-0.1, -0.05) is 36.4 Å². The molecule has 0 aliphatic carbocycles. The Balaban J connectivity index is 1.29. The van der Waals surface area contributed by atoms with E-state index in [9.17, 15) is 0 Å². The largest absolute Gasteiger partial charge is 0.384 e. The van der Waals surface area contributed by atoms with E-state index in [0.717, 1.165) is 49.1 Å². The number of aromatic nitrogens is 3. The highest BCUT2D eigenvalue weighted by atomic mass is 32.1. The standard InChI is InChI=1S/C26H29N7S/c1-18-3-6-21(20-7-4-19(5-8-20)16-33-13-11-32(2)12-14-33)15-22(18)29-26-30-23(17-34-26)25-28-10-9-24(27)31-25/h3-10,15,17H,11-14,16H2,1-2H3,(H,29,30)(H2,27,28,31). The lowest BCUT2D eigenvalue weighted by molar-refractivity contribution is 0.148. The third-order valence-electron chi connectivity index (χ3n) is 6.18. The monoisotopic (exact) mass is 471 g/mol. The summed E-state index contributed by atoms with van der Waals surface area (Å²) in [5.74, 6) is 0.969. The maximum atomic E-state index is 5.78. The molecule has 0 spiro atoms. The van der Waals surface area contributed by atoms with Crippen LogP contribution in [0, 0.1) is 6.92 Å². The van der Waals surface area contributed by atoms with Crippen molar-refractivity contribution >= 4 is 28.0 Å². The quantitative estimate of drug-likeness (QED) is 0.424. The van der Waals surface area contributed by atoms with Gasteiger partial charge in [-0.3, -0.25) is 4.90 Å². The minimum absolute atomic E-state index is 0.436. The normalized spacial score (nSPS) is 14.9. The van der Waals surface area contributed by atoms with Gasteiger partial charge < -0.3 is 16.0 Å². The molecule has 1 aliphatic rings. The number of piperazine rings is 1. The summed E-state index contributed by atoms with van der Waals surface area (Å²) < 4.78 is 0. The van der Waals surface area contributed by atoms with Crippen molar-refractivity contribution in [1.82, 2.24) is 24.8 Å². The van der Waals surface area contributed by atoms with Crippen molar-refractivity contribution in [3.05, 3.63) is 71.2 Å². The molecule has 0 atom stereocenters. The molecule has 34 heavy (non-hydrogen) atoms. The summed E-state index contributed by atoms with van der Waals surface area (Å²) in [5.41, 5.74) is 12.4. The van der Waals surface area contributed by atoms with Crippen LogP contribution in [0.5, 0.6) is 0 Å². The lowest BCUT2D eigenvalue weighted by Gasteiger charge is -2.32. The summed E-state index contributed by atoms with van der Waals surface area (Å²) in [7, 11) is 2.19. The molecule has 0 bridgehead atoms. The molecule has 0 radical (unpaired) electrons. The summed E-state index contributed by atoms with van der Waals surface area (Å²) in [6.07, 6.45) is 1.65. The molecule has 0 amide bonds. The van der Waals surface area contributed by atoms with Gasteiger partial charge in [0.05, 0.1) is 0 Å². The molecule has 1 fully saturated rings. The number of thiazole rings is 1. The Morgan fingerprint density at radius 3 is 2.50 bits per heavy atom. The number of nitrogen functional groups attached to an aromatic ring is 1. The Kier molecular flexibility index (Phi) is 6.53. The Morgan fingerprint density at radius 1 is 0.971 bits per heavy atom. The van der Waals surface area contributed by atoms with Crippen LogP contribution in [0.15, 0.2) is 60.1 Å². The molecule has 174 valence electrons. The highest BCUT2D eigenvalue weighted by molar-refractivity contribution is 7.14. The zero-order valence-corrected chi connectivity index (χ0v) is 20.3. The molecule has 3 heterocycles. The van der Waals surface area contributed by atoms with Gasteiger partial charge in [0.1, 0.15) is 11.5 Å². The second-order valence-electron chi connectivity index (χ2n) is 8.77. The lowest BCUT2D eigenvalue weighted by atomic mass is 10.0. The Hall–Kier alpha value is -3.33. The molecule has 5 rings (SSSR count). The zero-order chi connectivity index (χ0) is 23.5. The number of nitrogens with one attached hydrogen (secondary N) is 1. The van der Waals surface area contributed by atoms with Gasteiger partial charge in [-0.25, -0.2) is 15.0 Å². The second-order valence-corrected chi connectivity index (χ2v) is 9.63. The zero-order valence-electron chi connectivity index (χ0n) is 19.5. The first-order valence-corrected chi connectivity index (χ1v) is 12.3. The van der Waals surface area contributed by atoms with Crippen molar-refractivity contribution in [3.8, 4) is 22.6 Å². The van der Waals surface area contributed by atoms with Crippen molar-refractivity contribution in [3.63, 3.8) is 0 Å². The van der Waals surface area contributed by atoms with Crippen LogP contribution < -0.4 is 11.1 Å². The number of nitrogens with two attached hydrogens (primary N) is 1. The topological polar surface area (TPSA) is 83.2 Å². The van der Waals surface area contributed by atoms with E-state index >= 15 is 0 Å². The Bertz CT molecular complexity index is 1260. The van der Waals surface area contributed by atoms with Crippen LogP contribution in [0.1, 0.15) is 11.1 Å². The number of benzene rings is 2. The minimum Gasteiger partial charge on any atom is -0.384 e. The highest BCUT2D eigenvalue weighted by Crippen LogP contribution is 2.30. The van der Waals surface area contributed by atoms with E-state index in [4.69, 9.17) is 5.73 Å². The van der Waals surface area contributed by atoms with Gasteiger partial charge in [-0.2, -0.15) is 0 Å². The molecule has 4 aromatic rings. The lowest BCUT2D eigenvalue weighted by Crippen LogP contribution is -2.43. The molecule has 8 heteroatoms. The van der Waals surface area contributed by atoms with E-state index in [2.05, 4.69) is 86.5 Å². The van der Waals surface area contributed by atoms with Crippen LogP contribution in [0.2, 0.25) is 0 Å². The van der Waals surface area contributed by atoms with Crippen molar-refractivity contribution in [2.24, 2.45) is 0 Å². The van der Waals surface area contributed by atoms with E-state index in [0.29, 0.717) is 17.3 Å². The van der Waals surface area contributed by atoms with Crippen LogP contribution in [0.4, 0.5) is 16.6 Å². The number of hydrogen-bond donors (Lipinski definition) is 2. The van der Waals surface area contributed by atoms with Gasteiger partial charge in [0.25, 0.3) is 0 Å². The van der Waals surface area contributed by atoms with E-state index in [1.165, 1.54) is 28.0 Å². The fraction of sp³-hybridized carbons (Fsp3) is 0.269. The van der Waals surface area contributed by atoms with Gasteiger partial charge in [0.2, 0.25) is 0 Å². The smallest absolute Gasteiger partial charge is 0.187 e. The van der Waals surface area contributed by atoms with Crippen LogP contribution >= 0.6 is 11.3 Å². The number of rotatable bonds is 6. The predicted molar refractivity (Wildman–Crippen MR) is 140 cm³/mol. The number of anilines is 3. The van der Waals surface area contributed by atoms with E-state index in [-0.39, 0.29) is 0 Å². The Morgan fingerprint density at radius 2 is 1.74 bits per heavy atom. The predicted octanol–water partition coefficient (Wildman–Crippen LogP) is 4.65. The third kappa shape index (κ3) is 5.25. The molecular formula is C26H29N7S. The van der Waals surface area contributed by atoms with Crippen molar-refractivity contribution in [2.45, 2.75) is 13.5 Å². The molecule has 3 N–H and O–H groups in total. The summed E-state index contributed by atoms with van der Waals surface area (Å²) in [5, 5.41) is 6.20. The van der Waals surface area contributed by atoms with Crippen molar-refractivity contribution in [2.75, 3.05) is 44.3 Å². The van der Waals surface area contributed by atoms with Gasteiger partial charge in [-0.15, -0.1) is 11.3 Å². The fourth-order valence-electron chi connectivity index (χ4n) is 4.05. The first kappa shape index (κ1) is 22.5. The van der Waals surface area contributed by atoms with Crippen LogP contribution in [0.3, 0.4) is 0 Å². The van der Waals surface area contributed by atoms with E-state index in [1.807, 2.05) is 5.38 Å². The summed E-state index contributed by atoms with van der Waals surface area (Å²) in [6.45, 7) is 7.66. The van der Waals surface area contributed by atoms with Crippen molar-refractivity contribution < 1.29 is 0 Å². The van der Waals surface area contributed by atoms with Crippen LogP contribution in [0.25, 0.3) is 22.6 Å². The number of likely N-dealkylation sites (N-methyl/N-ethyl adjacent to an activating group) is 1. The average molecular weight is 472 g/mol. The van der Waals surface area contributed by atoms with Crippen LogP contribution in [-0.2, 0) is 6.54 Å². The molecule has 1 saturated heterocycles. The number of hydrogen-bond acceptors (Lipinski definition) is 8. The molecule has 7 nitrogen and oxygen atoms in total. The molecule has 0 saturated carbocycles. The minimum atomic E-state index is 0.436. The van der Waals surface area contributed by atoms with Crippen molar-refractivity contribution in [1.29, 1.82) is 0 Å². The fourth-order valence-corrected chi connectivity index (χ4v) is 4.75. The summed E-state index contributed by atoms with van der Waals surface area (Å²) >= 11 is 1.52. The Labute approximate surface area is 204 Å². The van der Waals surface area contributed by atoms with Gasteiger partial charge in [0.15, 0.2) is 11.0 Å². The average Bonchev–Trinajstić information content (AvgIpc) is 3.31. The highest BCUT2D eigenvalue weighted by Gasteiger charge is 2.14. The molecule has 0 unspecified atom stereocenters. The van der Waals surface area contributed by atoms with E-state index in [1.54, 1.807) is 12.3 Å². The second kappa shape index (κ2) is 9.89. The number of nitrogens with zero attached hydrogens (tertiary/aromatic N) is 5. The first-order chi connectivity index (χ1) is 16.5. The SMILES string of the molecule is Cc1ccc(-c2ccc(CN3CCN(C)CC3)cc2)cc1Nc1nc(-c2nccc(N)n2)cs1.